The average molecular weight is 248 g/mol. The SMILES string of the molecule is COc1nccnc1C(NN)C1C2CCCCC21. The molecule has 0 radical (unpaired) electrons. The summed E-state index contributed by atoms with van der Waals surface area (Å²) in [4.78, 5) is 8.62. The quantitative estimate of drug-likeness (QED) is 0.623. The second kappa shape index (κ2) is 4.82. The first-order chi connectivity index (χ1) is 8.86. The fraction of sp³-hybridized carbons (Fsp3) is 0.692. The van der Waals surface area contributed by atoms with Gasteiger partial charge in [0.2, 0.25) is 5.88 Å². The van der Waals surface area contributed by atoms with Crippen molar-refractivity contribution in [2.24, 2.45) is 23.6 Å². The molecule has 2 saturated carbocycles. The van der Waals surface area contributed by atoms with E-state index in [-0.39, 0.29) is 6.04 Å². The molecule has 3 unspecified atom stereocenters. The molecule has 0 bridgehead atoms. The van der Waals surface area contributed by atoms with Crippen LogP contribution in [0.3, 0.4) is 0 Å². The molecule has 0 amide bonds. The number of hydrogen-bond acceptors (Lipinski definition) is 5. The Labute approximate surface area is 107 Å². The molecule has 2 aliphatic carbocycles. The van der Waals surface area contributed by atoms with Crippen LogP contribution in [-0.4, -0.2) is 17.1 Å². The van der Waals surface area contributed by atoms with Crippen LogP contribution >= 0.6 is 0 Å². The van der Waals surface area contributed by atoms with E-state index in [9.17, 15) is 0 Å². The van der Waals surface area contributed by atoms with Crippen LogP contribution in [0, 0.1) is 17.8 Å². The van der Waals surface area contributed by atoms with Crippen molar-refractivity contribution < 1.29 is 4.74 Å². The number of nitrogens with two attached hydrogens (primary N) is 1. The number of nitrogens with zero attached hydrogens (tertiary/aromatic N) is 2. The lowest BCUT2D eigenvalue weighted by Crippen LogP contribution is -2.31. The van der Waals surface area contributed by atoms with Gasteiger partial charge < -0.3 is 4.74 Å². The average Bonchev–Trinajstić information content (AvgIpc) is 3.15. The first-order valence-corrected chi connectivity index (χ1v) is 6.68. The maximum atomic E-state index is 5.75. The van der Waals surface area contributed by atoms with E-state index < -0.39 is 0 Å². The standard InChI is InChI=1S/C13H20N4O/c1-18-13-12(15-6-7-16-13)11(17-14)10-8-4-2-3-5-9(8)10/h6-11,17H,2-5,14H2,1H3. The predicted octanol–water partition coefficient (Wildman–Crippen LogP) is 1.43. The number of fused-ring (bicyclic) bond motifs is 1. The summed E-state index contributed by atoms with van der Waals surface area (Å²) in [6, 6.07) is 0.0711. The third-order valence-corrected chi connectivity index (χ3v) is 4.47. The van der Waals surface area contributed by atoms with Gasteiger partial charge in [-0.15, -0.1) is 0 Å². The van der Waals surface area contributed by atoms with Gasteiger partial charge in [-0.2, -0.15) is 0 Å². The Kier molecular flexibility index (Phi) is 3.18. The van der Waals surface area contributed by atoms with Crippen molar-refractivity contribution in [3.8, 4) is 5.88 Å². The first kappa shape index (κ1) is 11.9. The van der Waals surface area contributed by atoms with Crippen LogP contribution in [-0.2, 0) is 0 Å². The zero-order chi connectivity index (χ0) is 12.5. The number of hydrogen-bond donors (Lipinski definition) is 2. The van der Waals surface area contributed by atoms with Gasteiger partial charge in [-0.05, 0) is 30.6 Å². The molecule has 0 spiro atoms. The fourth-order valence-electron chi connectivity index (χ4n) is 3.62. The zero-order valence-electron chi connectivity index (χ0n) is 10.7. The Bertz CT molecular complexity index is 413. The van der Waals surface area contributed by atoms with Gasteiger partial charge in [0, 0.05) is 12.4 Å². The second-order valence-electron chi connectivity index (χ2n) is 5.28. The minimum atomic E-state index is 0.0711. The number of hydrazine groups is 1. The van der Waals surface area contributed by atoms with Gasteiger partial charge >= 0.3 is 0 Å². The van der Waals surface area contributed by atoms with Crippen LogP contribution in [0.4, 0.5) is 0 Å². The van der Waals surface area contributed by atoms with Crippen molar-refractivity contribution in [3.63, 3.8) is 0 Å². The van der Waals surface area contributed by atoms with Crippen molar-refractivity contribution in [3.05, 3.63) is 18.1 Å². The van der Waals surface area contributed by atoms with Crippen LogP contribution < -0.4 is 16.0 Å². The molecular formula is C13H20N4O. The summed E-state index contributed by atoms with van der Waals surface area (Å²) in [5.74, 6) is 8.56. The van der Waals surface area contributed by atoms with Crippen molar-refractivity contribution in [2.45, 2.75) is 31.7 Å². The molecule has 1 aromatic heterocycles. The summed E-state index contributed by atoms with van der Waals surface area (Å²) < 4.78 is 5.29. The van der Waals surface area contributed by atoms with E-state index in [1.807, 2.05) is 0 Å². The molecule has 98 valence electrons. The summed E-state index contributed by atoms with van der Waals surface area (Å²) in [5, 5.41) is 0. The first-order valence-electron chi connectivity index (χ1n) is 6.68. The van der Waals surface area contributed by atoms with E-state index in [4.69, 9.17) is 10.6 Å². The Hall–Kier alpha value is -1.20. The third kappa shape index (κ3) is 1.87. The lowest BCUT2D eigenvalue weighted by Gasteiger charge is -2.17. The minimum Gasteiger partial charge on any atom is -0.480 e. The molecule has 5 heteroatoms. The molecule has 2 fully saturated rings. The van der Waals surface area contributed by atoms with E-state index >= 15 is 0 Å². The summed E-state index contributed by atoms with van der Waals surface area (Å²) in [6.45, 7) is 0. The molecule has 3 rings (SSSR count). The van der Waals surface area contributed by atoms with Crippen molar-refractivity contribution in [1.82, 2.24) is 15.4 Å². The highest BCUT2D eigenvalue weighted by atomic mass is 16.5. The largest absolute Gasteiger partial charge is 0.480 e. The Morgan fingerprint density at radius 2 is 1.94 bits per heavy atom. The normalized spacial score (nSPS) is 31.6. The van der Waals surface area contributed by atoms with Gasteiger partial charge in [-0.1, -0.05) is 12.8 Å². The molecule has 0 saturated heterocycles. The maximum absolute atomic E-state index is 5.75. The predicted molar refractivity (Wildman–Crippen MR) is 67.6 cm³/mol. The topological polar surface area (TPSA) is 73.1 Å². The fourth-order valence-corrected chi connectivity index (χ4v) is 3.62. The summed E-state index contributed by atoms with van der Waals surface area (Å²) in [7, 11) is 1.63. The van der Waals surface area contributed by atoms with E-state index in [0.717, 1.165) is 17.5 Å². The Morgan fingerprint density at radius 3 is 2.56 bits per heavy atom. The Morgan fingerprint density at radius 1 is 1.28 bits per heavy atom. The van der Waals surface area contributed by atoms with Gasteiger partial charge in [0.1, 0.15) is 5.69 Å². The molecule has 1 heterocycles. The van der Waals surface area contributed by atoms with Crippen LogP contribution in [0.1, 0.15) is 37.4 Å². The highest BCUT2D eigenvalue weighted by Crippen LogP contribution is 2.60. The second-order valence-corrected chi connectivity index (χ2v) is 5.28. The lowest BCUT2D eigenvalue weighted by atomic mass is 10.0. The van der Waals surface area contributed by atoms with Crippen molar-refractivity contribution in [2.75, 3.05) is 7.11 Å². The van der Waals surface area contributed by atoms with Gasteiger partial charge in [0.15, 0.2) is 0 Å². The smallest absolute Gasteiger partial charge is 0.237 e. The molecule has 0 aromatic carbocycles. The number of methoxy groups -OCH3 is 1. The molecule has 1 aromatic rings. The zero-order valence-corrected chi connectivity index (χ0v) is 10.7. The summed E-state index contributed by atoms with van der Waals surface area (Å²) >= 11 is 0. The van der Waals surface area contributed by atoms with Gasteiger partial charge in [0.05, 0.1) is 13.2 Å². The van der Waals surface area contributed by atoms with Crippen LogP contribution in [0.5, 0.6) is 5.88 Å². The molecule has 3 atom stereocenters. The molecule has 5 nitrogen and oxygen atoms in total. The van der Waals surface area contributed by atoms with E-state index in [1.165, 1.54) is 25.7 Å². The monoisotopic (exact) mass is 248 g/mol. The van der Waals surface area contributed by atoms with Crippen molar-refractivity contribution in [1.29, 1.82) is 0 Å². The molecule has 3 N–H and O–H groups in total. The molecule has 18 heavy (non-hydrogen) atoms. The minimum absolute atomic E-state index is 0.0711. The highest BCUT2D eigenvalue weighted by Gasteiger charge is 2.55. The van der Waals surface area contributed by atoms with E-state index in [2.05, 4.69) is 15.4 Å². The van der Waals surface area contributed by atoms with Crippen LogP contribution in [0.15, 0.2) is 12.4 Å². The lowest BCUT2D eigenvalue weighted by molar-refractivity contribution is 0.364. The highest BCUT2D eigenvalue weighted by molar-refractivity contribution is 5.25. The van der Waals surface area contributed by atoms with Crippen LogP contribution in [0.25, 0.3) is 0 Å². The van der Waals surface area contributed by atoms with E-state index in [1.54, 1.807) is 19.5 Å². The van der Waals surface area contributed by atoms with E-state index in [0.29, 0.717) is 11.8 Å². The number of aromatic nitrogens is 2. The summed E-state index contributed by atoms with van der Waals surface area (Å²) in [6.07, 6.45) is 8.72. The number of rotatable bonds is 4. The third-order valence-electron chi connectivity index (χ3n) is 4.47. The number of nitrogens with one attached hydrogen (secondary N) is 1. The van der Waals surface area contributed by atoms with Gasteiger partial charge in [0.25, 0.3) is 0 Å². The Balaban J connectivity index is 1.84. The van der Waals surface area contributed by atoms with Crippen molar-refractivity contribution >= 4 is 0 Å². The van der Waals surface area contributed by atoms with Gasteiger partial charge in [-0.3, -0.25) is 16.3 Å². The molecule has 2 aliphatic rings. The van der Waals surface area contributed by atoms with Gasteiger partial charge in [-0.25, -0.2) is 4.98 Å². The molecular weight excluding hydrogens is 228 g/mol. The summed E-state index contributed by atoms with van der Waals surface area (Å²) in [5.41, 5.74) is 3.78. The maximum Gasteiger partial charge on any atom is 0.237 e. The molecule has 0 aliphatic heterocycles. The number of ether oxygens (including phenoxy) is 1. The van der Waals surface area contributed by atoms with Crippen LogP contribution in [0.2, 0.25) is 0 Å².